The highest BCUT2D eigenvalue weighted by molar-refractivity contribution is 7.89. The highest BCUT2D eigenvalue weighted by atomic mass is 35.5. The zero-order valence-electron chi connectivity index (χ0n) is 19.5. The van der Waals surface area contributed by atoms with Crippen molar-refractivity contribution < 1.29 is 13.2 Å². The monoisotopic (exact) mass is 536 g/mol. The number of rotatable bonds is 7. The number of sulfonamides is 1. The maximum absolute atomic E-state index is 13.7. The van der Waals surface area contributed by atoms with Crippen LogP contribution in [-0.2, 0) is 21.2 Å². The van der Waals surface area contributed by atoms with Gasteiger partial charge in [-0.15, -0.1) is 17.9 Å². The molecule has 0 bridgehead atoms. The average molecular weight is 537 g/mol. The van der Waals surface area contributed by atoms with Gasteiger partial charge >= 0.3 is 0 Å². The Kier molecular flexibility index (Phi) is 6.99. The van der Waals surface area contributed by atoms with E-state index in [2.05, 4.69) is 6.58 Å². The SMILES string of the molecule is C=CCN(CC(=O)N1CCc2sccc2C1c1ccc(Cl)cc1)S(=O)(=O)c1ccc2ccccc2c1. The van der Waals surface area contributed by atoms with Crippen LogP contribution in [0.4, 0.5) is 0 Å². The molecule has 0 N–H and O–H groups in total. The number of benzene rings is 3. The van der Waals surface area contributed by atoms with Gasteiger partial charge < -0.3 is 4.90 Å². The molecule has 1 amide bonds. The molecule has 1 aliphatic rings. The van der Waals surface area contributed by atoms with Gasteiger partial charge in [0.05, 0.1) is 17.5 Å². The van der Waals surface area contributed by atoms with Crippen LogP contribution in [0.3, 0.4) is 0 Å². The Morgan fingerprint density at radius 2 is 1.83 bits per heavy atom. The van der Waals surface area contributed by atoms with Crippen LogP contribution in [-0.4, -0.2) is 43.2 Å². The highest BCUT2D eigenvalue weighted by Crippen LogP contribution is 2.38. The Bertz CT molecular complexity index is 1530. The molecule has 3 aromatic carbocycles. The zero-order chi connectivity index (χ0) is 25.3. The van der Waals surface area contributed by atoms with Crippen LogP contribution < -0.4 is 0 Å². The lowest BCUT2D eigenvalue weighted by atomic mass is 9.93. The third-order valence-electron chi connectivity index (χ3n) is 6.48. The van der Waals surface area contributed by atoms with E-state index in [9.17, 15) is 13.2 Å². The largest absolute Gasteiger partial charge is 0.330 e. The van der Waals surface area contributed by atoms with Gasteiger partial charge in [0, 0.05) is 23.0 Å². The summed E-state index contributed by atoms with van der Waals surface area (Å²) < 4.78 is 28.5. The van der Waals surface area contributed by atoms with E-state index >= 15 is 0 Å². The van der Waals surface area contributed by atoms with Crippen molar-refractivity contribution in [3.63, 3.8) is 0 Å². The number of thiophene rings is 1. The van der Waals surface area contributed by atoms with Crippen LogP contribution in [0.1, 0.15) is 22.0 Å². The van der Waals surface area contributed by atoms with E-state index in [4.69, 9.17) is 11.6 Å². The summed E-state index contributed by atoms with van der Waals surface area (Å²) in [6, 6.07) is 21.9. The van der Waals surface area contributed by atoms with E-state index in [1.54, 1.807) is 34.4 Å². The van der Waals surface area contributed by atoms with Gasteiger partial charge in [0.15, 0.2) is 0 Å². The van der Waals surface area contributed by atoms with Crippen LogP contribution >= 0.6 is 22.9 Å². The number of amides is 1. The number of carbonyl (C=O) groups is 1. The molecule has 36 heavy (non-hydrogen) atoms. The molecule has 2 heterocycles. The van der Waals surface area contributed by atoms with Crippen molar-refractivity contribution in [2.75, 3.05) is 19.6 Å². The Balaban J connectivity index is 1.46. The lowest BCUT2D eigenvalue weighted by molar-refractivity contribution is -0.133. The fourth-order valence-corrected chi connectivity index (χ4v) is 7.13. The molecule has 0 radical (unpaired) electrons. The van der Waals surface area contributed by atoms with Gasteiger partial charge in [0.2, 0.25) is 15.9 Å². The van der Waals surface area contributed by atoms with Crippen LogP contribution in [0.25, 0.3) is 10.8 Å². The summed E-state index contributed by atoms with van der Waals surface area (Å²) in [4.78, 5) is 16.9. The number of nitrogens with zero attached hydrogens (tertiary/aromatic N) is 2. The summed E-state index contributed by atoms with van der Waals surface area (Å²) in [5.74, 6) is -0.252. The summed E-state index contributed by atoms with van der Waals surface area (Å²) >= 11 is 7.80. The van der Waals surface area contributed by atoms with E-state index in [1.165, 1.54) is 15.3 Å². The number of hydrogen-bond donors (Lipinski definition) is 0. The minimum absolute atomic E-state index is 0.0318. The molecular weight excluding hydrogens is 512 g/mol. The quantitative estimate of drug-likeness (QED) is 0.276. The van der Waals surface area contributed by atoms with Gasteiger partial charge in [-0.1, -0.05) is 60.1 Å². The fourth-order valence-electron chi connectivity index (χ4n) is 4.70. The highest BCUT2D eigenvalue weighted by Gasteiger charge is 2.35. The Morgan fingerprint density at radius 1 is 1.08 bits per heavy atom. The van der Waals surface area contributed by atoms with Gasteiger partial charge in [-0.3, -0.25) is 4.79 Å². The minimum atomic E-state index is -3.93. The predicted molar refractivity (Wildman–Crippen MR) is 146 cm³/mol. The Hall–Kier alpha value is -2.97. The molecule has 1 aromatic heterocycles. The van der Waals surface area contributed by atoms with Crippen molar-refractivity contribution in [3.05, 3.63) is 112 Å². The second-order valence-electron chi connectivity index (χ2n) is 8.69. The molecule has 1 aliphatic heterocycles. The van der Waals surface area contributed by atoms with Gasteiger partial charge in [-0.05, 0) is 64.0 Å². The molecule has 8 heteroatoms. The van der Waals surface area contributed by atoms with E-state index in [-0.39, 0.29) is 29.9 Å². The molecule has 5 rings (SSSR count). The first-order valence-electron chi connectivity index (χ1n) is 11.6. The van der Waals surface area contributed by atoms with Gasteiger partial charge in [0.25, 0.3) is 0 Å². The number of halogens is 1. The van der Waals surface area contributed by atoms with E-state index in [1.807, 2.05) is 60.0 Å². The van der Waals surface area contributed by atoms with Crippen molar-refractivity contribution in [2.45, 2.75) is 17.4 Å². The lowest BCUT2D eigenvalue weighted by Crippen LogP contribution is -2.46. The molecule has 0 fully saturated rings. The fraction of sp³-hybridized carbons (Fsp3) is 0.179. The molecule has 1 unspecified atom stereocenters. The molecule has 184 valence electrons. The summed E-state index contributed by atoms with van der Waals surface area (Å²) in [7, 11) is -3.93. The third-order valence-corrected chi connectivity index (χ3v) is 9.53. The molecule has 0 aliphatic carbocycles. The van der Waals surface area contributed by atoms with E-state index < -0.39 is 10.0 Å². The molecule has 0 spiro atoms. The summed E-state index contributed by atoms with van der Waals surface area (Å²) in [5, 5.41) is 4.44. The van der Waals surface area contributed by atoms with Crippen LogP contribution in [0.2, 0.25) is 5.02 Å². The van der Waals surface area contributed by atoms with E-state index in [0.29, 0.717) is 11.6 Å². The summed E-state index contributed by atoms with van der Waals surface area (Å²) in [5.41, 5.74) is 2.02. The van der Waals surface area contributed by atoms with Crippen molar-refractivity contribution in [2.24, 2.45) is 0 Å². The molecule has 4 aromatic rings. The first-order chi connectivity index (χ1) is 17.4. The first-order valence-corrected chi connectivity index (χ1v) is 14.3. The third kappa shape index (κ3) is 4.72. The van der Waals surface area contributed by atoms with Gasteiger partial charge in [-0.25, -0.2) is 8.42 Å². The van der Waals surface area contributed by atoms with Gasteiger partial charge in [-0.2, -0.15) is 4.31 Å². The lowest BCUT2D eigenvalue weighted by Gasteiger charge is -2.37. The van der Waals surface area contributed by atoms with Crippen molar-refractivity contribution in [3.8, 4) is 0 Å². The number of hydrogen-bond acceptors (Lipinski definition) is 4. The molecule has 1 atom stereocenters. The Labute approximate surface area is 220 Å². The average Bonchev–Trinajstić information content (AvgIpc) is 3.37. The molecule has 5 nitrogen and oxygen atoms in total. The van der Waals surface area contributed by atoms with Gasteiger partial charge in [0.1, 0.15) is 0 Å². The number of carbonyl (C=O) groups excluding carboxylic acids is 1. The maximum Gasteiger partial charge on any atom is 0.243 e. The normalized spacial score (nSPS) is 15.7. The standard InChI is InChI=1S/C28H25ClN2O3S2/c1-2-15-30(36(33,34)24-12-9-20-5-3-4-6-22(20)18-24)19-27(32)31-16-13-26-25(14-17-35-26)28(31)21-7-10-23(29)11-8-21/h2-12,14,17-18,28H,1,13,15-16,19H2. The zero-order valence-corrected chi connectivity index (χ0v) is 21.9. The molecule has 0 saturated heterocycles. The number of fused-ring (bicyclic) bond motifs is 2. The predicted octanol–water partition coefficient (Wildman–Crippen LogP) is 5.91. The topological polar surface area (TPSA) is 57.7 Å². The maximum atomic E-state index is 13.7. The molecular formula is C28H25ClN2O3S2. The first kappa shape index (κ1) is 24.7. The molecule has 0 saturated carbocycles. The minimum Gasteiger partial charge on any atom is -0.330 e. The smallest absolute Gasteiger partial charge is 0.243 e. The van der Waals surface area contributed by atoms with E-state index in [0.717, 1.165) is 28.3 Å². The van der Waals surface area contributed by atoms with Crippen LogP contribution in [0.15, 0.2) is 95.7 Å². The van der Waals surface area contributed by atoms with Crippen LogP contribution in [0, 0.1) is 0 Å². The van der Waals surface area contributed by atoms with Crippen molar-refractivity contribution in [1.29, 1.82) is 0 Å². The summed E-state index contributed by atoms with van der Waals surface area (Å²) in [6.07, 6.45) is 2.25. The van der Waals surface area contributed by atoms with Crippen LogP contribution in [0.5, 0.6) is 0 Å². The summed E-state index contributed by atoms with van der Waals surface area (Å²) in [6.45, 7) is 4.00. The Morgan fingerprint density at radius 3 is 2.58 bits per heavy atom. The second-order valence-corrected chi connectivity index (χ2v) is 12.1. The van der Waals surface area contributed by atoms with Crippen molar-refractivity contribution >= 4 is 49.6 Å². The second kappa shape index (κ2) is 10.2. The van der Waals surface area contributed by atoms with Crippen molar-refractivity contribution in [1.82, 2.24) is 9.21 Å².